The van der Waals surface area contributed by atoms with Crippen LogP contribution in [0.4, 0.5) is 16.0 Å². The van der Waals surface area contributed by atoms with Gasteiger partial charge in [-0.1, -0.05) is 17.3 Å². The van der Waals surface area contributed by atoms with Crippen molar-refractivity contribution in [3.63, 3.8) is 0 Å². The van der Waals surface area contributed by atoms with Crippen LogP contribution in [-0.2, 0) is 30.6 Å². The predicted molar refractivity (Wildman–Crippen MR) is 177 cm³/mol. The molecular formula is C31H31FN10O9. The van der Waals surface area contributed by atoms with Gasteiger partial charge in [-0.3, -0.25) is 24.2 Å². The number of benzene rings is 2. The average Bonchev–Trinajstić information content (AvgIpc) is 3.10. The zero-order valence-electron chi connectivity index (χ0n) is 26.5. The van der Waals surface area contributed by atoms with Crippen molar-refractivity contribution in [1.29, 1.82) is 0 Å². The van der Waals surface area contributed by atoms with E-state index in [1.165, 1.54) is 48.8 Å². The summed E-state index contributed by atoms with van der Waals surface area (Å²) in [6, 6.07) is 8.21. The van der Waals surface area contributed by atoms with Gasteiger partial charge in [-0.2, -0.15) is 4.98 Å². The minimum Gasteiger partial charge on any atom is -0.480 e. The second kappa shape index (κ2) is 17.4. The summed E-state index contributed by atoms with van der Waals surface area (Å²) in [6.07, 6.45) is 1.82. The predicted octanol–water partition coefficient (Wildman–Crippen LogP) is -0.254. The third-order valence-corrected chi connectivity index (χ3v) is 6.85. The lowest BCUT2D eigenvalue weighted by molar-refractivity contribution is -0.142. The Labute approximate surface area is 286 Å². The van der Waals surface area contributed by atoms with Gasteiger partial charge in [-0.15, -0.1) is 0 Å². The molecule has 51 heavy (non-hydrogen) atoms. The number of hydrogen-bond donors (Lipinski definition) is 8. The smallest absolute Gasteiger partial charge is 0.328 e. The van der Waals surface area contributed by atoms with Crippen molar-refractivity contribution in [2.75, 3.05) is 24.2 Å². The number of oxime groups is 1. The van der Waals surface area contributed by atoms with Crippen LogP contribution in [0, 0.1) is 5.82 Å². The van der Waals surface area contributed by atoms with E-state index in [-0.39, 0.29) is 35.6 Å². The Kier molecular flexibility index (Phi) is 12.6. The molecule has 0 aliphatic carbocycles. The lowest BCUT2D eigenvalue weighted by atomic mass is 10.1. The number of fused-ring (bicyclic) bond motifs is 1. The van der Waals surface area contributed by atoms with Crippen molar-refractivity contribution in [2.24, 2.45) is 5.16 Å². The number of rotatable bonds is 17. The Morgan fingerprint density at radius 1 is 0.961 bits per heavy atom. The first-order valence-corrected chi connectivity index (χ1v) is 15.0. The monoisotopic (exact) mass is 705 g/mol. The average molecular weight is 706 g/mol. The molecule has 9 N–H and O–H groups in total. The highest BCUT2D eigenvalue weighted by Gasteiger charge is 2.25. The number of nitrogens with two attached hydrogens (primary N) is 1. The van der Waals surface area contributed by atoms with Crippen LogP contribution in [0.5, 0.6) is 0 Å². The summed E-state index contributed by atoms with van der Waals surface area (Å²) in [4.78, 5) is 92.1. The van der Waals surface area contributed by atoms with Crippen molar-refractivity contribution in [3.8, 4) is 0 Å². The molecule has 266 valence electrons. The van der Waals surface area contributed by atoms with Gasteiger partial charge in [0.2, 0.25) is 11.9 Å². The zero-order chi connectivity index (χ0) is 36.9. The van der Waals surface area contributed by atoms with Gasteiger partial charge in [-0.05, 0) is 48.4 Å². The van der Waals surface area contributed by atoms with Crippen LogP contribution in [0.2, 0.25) is 0 Å². The number of carbonyl (C=O) groups is 5. The lowest BCUT2D eigenvalue weighted by Crippen LogP contribution is -2.49. The van der Waals surface area contributed by atoms with Gasteiger partial charge in [0.25, 0.3) is 17.4 Å². The van der Waals surface area contributed by atoms with Crippen molar-refractivity contribution < 1.29 is 43.4 Å². The van der Waals surface area contributed by atoms with Crippen LogP contribution in [0.25, 0.3) is 11.2 Å². The van der Waals surface area contributed by atoms with E-state index in [2.05, 4.69) is 46.4 Å². The second-order valence-electron chi connectivity index (χ2n) is 10.6. The Bertz CT molecular complexity index is 1990. The molecule has 2 aromatic carbocycles. The molecular weight excluding hydrogens is 674 g/mol. The molecule has 2 heterocycles. The van der Waals surface area contributed by atoms with E-state index in [0.29, 0.717) is 16.9 Å². The Morgan fingerprint density at radius 2 is 1.67 bits per heavy atom. The molecule has 0 bridgehead atoms. The third-order valence-electron chi connectivity index (χ3n) is 6.85. The molecule has 1 unspecified atom stereocenters. The summed E-state index contributed by atoms with van der Waals surface area (Å²) in [6.45, 7) is -0.923. The molecule has 19 nitrogen and oxygen atoms in total. The molecule has 2 atom stereocenters. The summed E-state index contributed by atoms with van der Waals surface area (Å²) in [5.41, 5.74) is 6.69. The molecule has 4 rings (SSSR count). The number of aromatic amines is 1. The van der Waals surface area contributed by atoms with Gasteiger partial charge >= 0.3 is 11.9 Å². The largest absolute Gasteiger partial charge is 0.480 e. The standard InChI is InChI=1S/C31H31FN10O9/c32-18-5-1-16(2-6-18)11-37-51-15-24(44)35-14-22(30(49)50)39-23(43)10-9-21(29(47)48)40-27(45)17-3-7-19(8-4-17)34-12-20-13-36-26-25(38-20)28(46)42-31(33)41-26/h1-8,11,13,21-22,34H,9-10,12,14-15H2,(H,35,44)(H,39,43)(H,40,45)(H,47,48)(H,49,50)(H3,33,36,41,42,46)/b37-11+/t21-,22?/m0/s1/i32-1. The fraction of sp³-hybridized carbons (Fsp3) is 0.226. The van der Waals surface area contributed by atoms with Crippen molar-refractivity contribution in [2.45, 2.75) is 31.5 Å². The number of H-pyrrole nitrogens is 1. The third kappa shape index (κ3) is 11.3. The van der Waals surface area contributed by atoms with Crippen LogP contribution >= 0.6 is 0 Å². The Morgan fingerprint density at radius 3 is 2.35 bits per heavy atom. The first kappa shape index (κ1) is 36.8. The van der Waals surface area contributed by atoms with Crippen molar-refractivity contribution in [3.05, 3.63) is 87.7 Å². The molecule has 0 radical (unpaired) electrons. The van der Waals surface area contributed by atoms with Crippen LogP contribution in [0.3, 0.4) is 0 Å². The lowest BCUT2D eigenvalue weighted by Gasteiger charge is -2.17. The minimum absolute atomic E-state index is 0.0151. The molecule has 0 saturated heterocycles. The molecule has 0 saturated carbocycles. The van der Waals surface area contributed by atoms with Gasteiger partial charge in [0, 0.05) is 24.2 Å². The summed E-state index contributed by atoms with van der Waals surface area (Å²) < 4.78 is 12.9. The van der Waals surface area contributed by atoms with E-state index in [4.69, 9.17) is 10.6 Å². The van der Waals surface area contributed by atoms with Crippen LogP contribution in [0.15, 0.2) is 64.7 Å². The Balaban J connectivity index is 1.20. The molecule has 0 fully saturated rings. The number of amides is 3. The Hall–Kier alpha value is -6.99. The highest BCUT2D eigenvalue weighted by molar-refractivity contribution is 5.97. The number of aliphatic carboxylic acids is 2. The van der Waals surface area contributed by atoms with Gasteiger partial charge in [0.1, 0.15) is 17.9 Å². The van der Waals surface area contributed by atoms with Gasteiger partial charge in [0.05, 0.1) is 24.7 Å². The number of nitrogens with one attached hydrogen (secondary N) is 5. The zero-order valence-corrected chi connectivity index (χ0v) is 26.5. The van der Waals surface area contributed by atoms with E-state index in [0.717, 1.165) is 0 Å². The number of anilines is 2. The number of aromatic nitrogens is 4. The molecule has 0 aliphatic rings. The van der Waals surface area contributed by atoms with Gasteiger partial charge in [-0.25, -0.2) is 23.9 Å². The molecule has 20 heteroatoms. The molecule has 0 spiro atoms. The normalized spacial score (nSPS) is 12.1. The van der Waals surface area contributed by atoms with Crippen molar-refractivity contribution in [1.82, 2.24) is 35.9 Å². The first-order valence-electron chi connectivity index (χ1n) is 15.0. The maximum Gasteiger partial charge on any atom is 0.328 e. The molecule has 3 amide bonds. The number of nitrogens with zero attached hydrogens (tertiary/aromatic N) is 4. The van der Waals surface area contributed by atoms with E-state index >= 15 is 0 Å². The first-order chi connectivity index (χ1) is 24.4. The van der Waals surface area contributed by atoms with Gasteiger partial charge < -0.3 is 42.1 Å². The number of nitrogen functional groups attached to an aromatic ring is 1. The fourth-order valence-electron chi connectivity index (χ4n) is 4.24. The number of carboxylic acid groups (broad SMARTS) is 2. The number of hydrogen-bond acceptors (Lipinski definition) is 13. The van der Waals surface area contributed by atoms with Crippen molar-refractivity contribution >= 4 is 58.7 Å². The van der Waals surface area contributed by atoms with E-state index < -0.39 is 72.7 Å². The molecule has 2 aromatic heterocycles. The van der Waals surface area contributed by atoms with E-state index in [1.54, 1.807) is 12.1 Å². The van der Waals surface area contributed by atoms with Crippen LogP contribution in [0.1, 0.15) is 34.5 Å². The van der Waals surface area contributed by atoms with Gasteiger partial charge in [0.15, 0.2) is 17.8 Å². The van der Waals surface area contributed by atoms with Crippen LogP contribution in [-0.4, -0.2) is 91.3 Å². The van der Waals surface area contributed by atoms with Crippen LogP contribution < -0.4 is 32.6 Å². The second-order valence-corrected chi connectivity index (χ2v) is 10.6. The summed E-state index contributed by atoms with van der Waals surface area (Å²) >= 11 is 0. The maximum absolute atomic E-state index is 12.9. The minimum atomic E-state index is -1.55. The quantitative estimate of drug-likeness (QED) is 0.0519. The fourth-order valence-corrected chi connectivity index (χ4v) is 4.24. The maximum atomic E-state index is 12.9. The number of halogens is 1. The molecule has 4 aromatic rings. The summed E-state index contributed by atoms with van der Waals surface area (Å²) in [5.74, 6) is -5.74. The summed E-state index contributed by atoms with van der Waals surface area (Å²) in [7, 11) is 0. The highest BCUT2D eigenvalue weighted by Crippen LogP contribution is 2.12. The highest BCUT2D eigenvalue weighted by atomic mass is 18.2. The SMILES string of the molecule is Nc1nc2ncc(CNc3ccc(C(=O)N[C@@H](CCC(=O)NC(CNC(=O)CO/N=C/c4ccc([18F])cc4)C(=O)O)C(=O)O)cc3)nc2c(=O)[nH]1. The summed E-state index contributed by atoms with van der Waals surface area (Å²) in [5, 5.41) is 32.4. The van der Waals surface area contributed by atoms with E-state index in [1.807, 2.05) is 0 Å². The van der Waals surface area contributed by atoms with E-state index in [9.17, 15) is 43.4 Å². The number of carboxylic acids is 2. The molecule has 0 aliphatic heterocycles. The topological polar surface area (TPSA) is 293 Å². The number of carbonyl (C=O) groups excluding carboxylic acids is 3.